The molecule has 1 aliphatic rings. The Morgan fingerprint density at radius 1 is 1.00 bits per heavy atom. The number of nitrogens with two attached hydrogens (primary N) is 1. The highest BCUT2D eigenvalue weighted by atomic mass is 16.5. The highest BCUT2D eigenvalue weighted by Gasteiger charge is 2.27. The first-order chi connectivity index (χ1) is 7.81. The summed E-state index contributed by atoms with van der Waals surface area (Å²) >= 11 is 0. The number of fused-ring (bicyclic) bond motifs is 1. The molecule has 0 heterocycles. The lowest BCUT2D eigenvalue weighted by molar-refractivity contribution is 0.101. The predicted molar refractivity (Wildman–Crippen MR) is 65.6 cm³/mol. The van der Waals surface area contributed by atoms with Crippen LogP contribution in [0.5, 0.6) is 5.75 Å². The summed E-state index contributed by atoms with van der Waals surface area (Å²) in [6.07, 6.45) is 2.27. The van der Waals surface area contributed by atoms with Gasteiger partial charge in [0.15, 0.2) is 0 Å². The second-order valence-electron chi connectivity index (χ2n) is 4.48. The molecule has 0 spiro atoms. The van der Waals surface area contributed by atoms with Crippen molar-refractivity contribution in [1.29, 1.82) is 0 Å². The number of hydrogen-bond acceptors (Lipinski definition) is 2. The molecule has 2 aromatic carbocycles. The number of rotatable bonds is 2. The average Bonchev–Trinajstić information content (AvgIpc) is 2.27. The van der Waals surface area contributed by atoms with Crippen molar-refractivity contribution in [3.05, 3.63) is 42.5 Å². The Labute approximate surface area is 95.0 Å². The quantitative estimate of drug-likeness (QED) is 0.832. The van der Waals surface area contributed by atoms with E-state index in [0.717, 1.165) is 18.6 Å². The van der Waals surface area contributed by atoms with Gasteiger partial charge in [-0.3, -0.25) is 0 Å². The van der Waals surface area contributed by atoms with Gasteiger partial charge in [-0.25, -0.2) is 0 Å². The fraction of sp³-hybridized carbons (Fsp3) is 0.286. The van der Waals surface area contributed by atoms with Gasteiger partial charge in [-0.15, -0.1) is 0 Å². The van der Waals surface area contributed by atoms with Gasteiger partial charge in [0.2, 0.25) is 0 Å². The minimum Gasteiger partial charge on any atom is -0.490 e. The molecular formula is C14H15NO. The predicted octanol–water partition coefficient (Wildman–Crippen LogP) is 2.71. The molecule has 82 valence electrons. The second-order valence-corrected chi connectivity index (χ2v) is 4.48. The molecule has 2 N–H and O–H groups in total. The molecule has 1 aliphatic carbocycles. The maximum atomic E-state index is 5.85. The van der Waals surface area contributed by atoms with Crippen LogP contribution in [-0.4, -0.2) is 12.1 Å². The van der Waals surface area contributed by atoms with Gasteiger partial charge >= 0.3 is 0 Å². The third kappa shape index (κ3) is 1.76. The molecule has 16 heavy (non-hydrogen) atoms. The summed E-state index contributed by atoms with van der Waals surface area (Å²) < 4.78 is 5.85. The molecule has 1 saturated carbocycles. The Morgan fingerprint density at radius 2 is 1.75 bits per heavy atom. The first-order valence-corrected chi connectivity index (χ1v) is 5.72. The molecule has 0 radical (unpaired) electrons. The van der Waals surface area contributed by atoms with E-state index >= 15 is 0 Å². The second kappa shape index (κ2) is 3.80. The zero-order valence-electron chi connectivity index (χ0n) is 9.10. The summed E-state index contributed by atoms with van der Waals surface area (Å²) in [5, 5.41) is 2.48. The molecule has 0 aliphatic heterocycles. The maximum Gasteiger partial charge on any atom is 0.120 e. The van der Waals surface area contributed by atoms with Gasteiger partial charge in [-0.05, 0) is 35.7 Å². The molecule has 2 aromatic rings. The van der Waals surface area contributed by atoms with E-state index in [0.29, 0.717) is 12.1 Å². The summed E-state index contributed by atoms with van der Waals surface area (Å²) in [6.45, 7) is 0. The lowest BCUT2D eigenvalue weighted by Gasteiger charge is -2.32. The smallest absolute Gasteiger partial charge is 0.120 e. The van der Waals surface area contributed by atoms with Gasteiger partial charge in [0, 0.05) is 6.04 Å². The van der Waals surface area contributed by atoms with E-state index < -0.39 is 0 Å². The van der Waals surface area contributed by atoms with Crippen LogP contribution >= 0.6 is 0 Å². The average molecular weight is 213 g/mol. The molecule has 1 fully saturated rings. The van der Waals surface area contributed by atoms with Crippen molar-refractivity contribution in [2.24, 2.45) is 5.73 Å². The highest BCUT2D eigenvalue weighted by molar-refractivity contribution is 5.83. The van der Waals surface area contributed by atoms with Crippen LogP contribution in [0.1, 0.15) is 12.8 Å². The fourth-order valence-corrected chi connectivity index (χ4v) is 2.14. The van der Waals surface area contributed by atoms with Crippen molar-refractivity contribution in [3.8, 4) is 5.75 Å². The van der Waals surface area contributed by atoms with Crippen LogP contribution in [0.3, 0.4) is 0 Å². The lowest BCUT2D eigenvalue weighted by Crippen LogP contribution is -2.43. The zero-order valence-corrected chi connectivity index (χ0v) is 9.10. The minimum absolute atomic E-state index is 0.316. The molecule has 0 atom stereocenters. The van der Waals surface area contributed by atoms with Gasteiger partial charge in [0.1, 0.15) is 11.9 Å². The van der Waals surface area contributed by atoms with E-state index in [1.807, 2.05) is 18.2 Å². The summed E-state index contributed by atoms with van der Waals surface area (Å²) in [6, 6.07) is 14.9. The molecular weight excluding hydrogens is 198 g/mol. The largest absolute Gasteiger partial charge is 0.490 e. The summed E-state index contributed by atoms with van der Waals surface area (Å²) in [4.78, 5) is 0. The lowest BCUT2D eigenvalue weighted by atomic mass is 9.90. The normalized spacial score (nSPS) is 24.1. The summed E-state index contributed by atoms with van der Waals surface area (Å²) in [5.41, 5.74) is 5.73. The van der Waals surface area contributed by atoms with Crippen LogP contribution in [0.25, 0.3) is 10.8 Å². The van der Waals surface area contributed by atoms with Crippen molar-refractivity contribution < 1.29 is 4.74 Å². The van der Waals surface area contributed by atoms with Crippen LogP contribution in [-0.2, 0) is 0 Å². The first kappa shape index (κ1) is 9.67. The Balaban J connectivity index is 1.82. The maximum absolute atomic E-state index is 5.85. The van der Waals surface area contributed by atoms with Crippen LogP contribution in [0.4, 0.5) is 0 Å². The van der Waals surface area contributed by atoms with E-state index in [4.69, 9.17) is 10.5 Å². The molecule has 0 bridgehead atoms. The van der Waals surface area contributed by atoms with Crippen molar-refractivity contribution in [2.75, 3.05) is 0 Å². The van der Waals surface area contributed by atoms with Crippen LogP contribution in [0.15, 0.2) is 42.5 Å². The van der Waals surface area contributed by atoms with E-state index in [1.54, 1.807) is 0 Å². The molecule has 0 unspecified atom stereocenters. The van der Waals surface area contributed by atoms with Gasteiger partial charge in [-0.2, -0.15) is 0 Å². The van der Waals surface area contributed by atoms with Gasteiger partial charge in [0.05, 0.1) is 0 Å². The first-order valence-electron chi connectivity index (χ1n) is 5.72. The van der Waals surface area contributed by atoms with Crippen LogP contribution < -0.4 is 10.5 Å². The SMILES string of the molecule is N[C@H]1C[C@H](Oc2ccc3ccccc3c2)C1. The molecule has 0 saturated heterocycles. The van der Waals surface area contributed by atoms with Crippen molar-refractivity contribution >= 4 is 10.8 Å². The minimum atomic E-state index is 0.316. The Hall–Kier alpha value is -1.54. The molecule has 0 aromatic heterocycles. The fourth-order valence-electron chi connectivity index (χ4n) is 2.14. The number of benzene rings is 2. The van der Waals surface area contributed by atoms with Crippen molar-refractivity contribution in [2.45, 2.75) is 25.0 Å². The standard InChI is InChI=1S/C14H15NO/c15-12-8-14(9-12)16-13-6-5-10-3-1-2-4-11(10)7-13/h1-7,12,14H,8-9,15H2/t12-,14-. The third-order valence-electron chi connectivity index (χ3n) is 3.15. The monoisotopic (exact) mass is 213 g/mol. The molecule has 0 amide bonds. The Bertz CT molecular complexity index is 503. The van der Waals surface area contributed by atoms with Gasteiger partial charge in [0.25, 0.3) is 0 Å². The van der Waals surface area contributed by atoms with Crippen molar-refractivity contribution in [3.63, 3.8) is 0 Å². The van der Waals surface area contributed by atoms with E-state index in [-0.39, 0.29) is 0 Å². The van der Waals surface area contributed by atoms with E-state index in [2.05, 4.69) is 24.3 Å². The van der Waals surface area contributed by atoms with Crippen LogP contribution in [0, 0.1) is 0 Å². The molecule has 3 rings (SSSR count). The highest BCUT2D eigenvalue weighted by Crippen LogP contribution is 2.27. The topological polar surface area (TPSA) is 35.2 Å². The number of hydrogen-bond donors (Lipinski definition) is 1. The van der Waals surface area contributed by atoms with Crippen LogP contribution in [0.2, 0.25) is 0 Å². The summed E-state index contributed by atoms with van der Waals surface area (Å²) in [5.74, 6) is 0.954. The van der Waals surface area contributed by atoms with Crippen molar-refractivity contribution in [1.82, 2.24) is 0 Å². The number of ether oxygens (including phenoxy) is 1. The molecule has 2 heteroatoms. The molecule has 2 nitrogen and oxygen atoms in total. The third-order valence-corrected chi connectivity index (χ3v) is 3.15. The zero-order chi connectivity index (χ0) is 11.0. The van der Waals surface area contributed by atoms with Gasteiger partial charge in [-0.1, -0.05) is 30.3 Å². The van der Waals surface area contributed by atoms with Gasteiger partial charge < -0.3 is 10.5 Å². The Morgan fingerprint density at radius 3 is 2.50 bits per heavy atom. The Kier molecular flexibility index (Phi) is 2.29. The summed E-state index contributed by atoms with van der Waals surface area (Å²) in [7, 11) is 0. The van der Waals surface area contributed by atoms with E-state index in [9.17, 15) is 0 Å². The van der Waals surface area contributed by atoms with E-state index in [1.165, 1.54) is 10.8 Å².